The maximum atomic E-state index is 9.98. The predicted molar refractivity (Wildman–Crippen MR) is 175 cm³/mol. The molecule has 1 atom stereocenters. The molecule has 8 heteroatoms. The molecule has 250 valence electrons. The predicted octanol–water partition coefficient (Wildman–Crippen LogP) is 8.90. The Morgan fingerprint density at radius 2 is 0.780 bits per heavy atom. The number of hydrogen-bond acceptors (Lipinski definition) is 4. The molecule has 0 aromatic heterocycles. The molecule has 0 aliphatic heterocycles. The van der Waals surface area contributed by atoms with E-state index in [1.807, 2.05) is 0 Å². The number of phosphoric acid groups is 1. The van der Waals surface area contributed by atoms with E-state index in [4.69, 9.17) is 19.2 Å². The van der Waals surface area contributed by atoms with Gasteiger partial charge in [0.2, 0.25) is 0 Å². The second kappa shape index (κ2) is 34.5. The molecule has 1 unspecified atom stereocenters. The second-order valence-electron chi connectivity index (χ2n) is 12.0. The minimum Gasteiger partial charge on any atom is -0.395 e. The number of nitrogens with zero attached hydrogens (tertiary/aromatic N) is 1. The lowest BCUT2D eigenvalue weighted by atomic mass is 10.0. The van der Waals surface area contributed by atoms with Gasteiger partial charge in [-0.05, 0) is 19.4 Å². The van der Waals surface area contributed by atoms with Gasteiger partial charge in [-0.3, -0.25) is 4.90 Å². The molecule has 0 aliphatic carbocycles. The third kappa shape index (κ3) is 40.0. The lowest BCUT2D eigenvalue weighted by Crippen LogP contribution is -2.40. The third-order valence-electron chi connectivity index (χ3n) is 8.05. The summed E-state index contributed by atoms with van der Waals surface area (Å²) in [4.78, 5) is 23.9. The normalized spacial score (nSPS) is 12.5. The van der Waals surface area contributed by atoms with Gasteiger partial charge in [0.25, 0.3) is 0 Å². The van der Waals surface area contributed by atoms with Gasteiger partial charge < -0.3 is 24.9 Å². The summed E-state index contributed by atoms with van der Waals surface area (Å²) >= 11 is 0. The van der Waals surface area contributed by atoms with Gasteiger partial charge in [0.15, 0.2) is 0 Å². The van der Waals surface area contributed by atoms with Gasteiger partial charge in [-0.2, -0.15) is 0 Å². The number of aliphatic hydroxyl groups is 2. The summed E-state index contributed by atoms with van der Waals surface area (Å²) in [6.07, 6.45) is 35.5. The number of rotatable bonds is 31. The highest BCUT2D eigenvalue weighted by molar-refractivity contribution is 7.45. The highest BCUT2D eigenvalue weighted by atomic mass is 31.2. The Labute approximate surface area is 255 Å². The fourth-order valence-electron chi connectivity index (χ4n) is 5.55. The first-order valence-electron chi connectivity index (χ1n) is 17.5. The van der Waals surface area contributed by atoms with E-state index in [-0.39, 0.29) is 19.3 Å². The maximum Gasteiger partial charge on any atom is 0.466 e. The van der Waals surface area contributed by atoms with Crippen LogP contribution in [-0.2, 0) is 4.57 Å². The molecule has 41 heavy (non-hydrogen) atoms. The first-order valence-corrected chi connectivity index (χ1v) is 19.1. The molecule has 0 rings (SSSR count). The van der Waals surface area contributed by atoms with Gasteiger partial charge in [-0.15, -0.1) is 0 Å². The van der Waals surface area contributed by atoms with Crippen LogP contribution in [0.15, 0.2) is 0 Å². The highest BCUT2D eigenvalue weighted by Gasteiger charge is 2.16. The van der Waals surface area contributed by atoms with Crippen molar-refractivity contribution < 1.29 is 29.5 Å². The molecule has 0 radical (unpaired) electrons. The van der Waals surface area contributed by atoms with Crippen molar-refractivity contribution in [2.24, 2.45) is 0 Å². The Balaban J connectivity index is 0. The van der Waals surface area contributed by atoms with Crippen molar-refractivity contribution in [1.82, 2.24) is 4.90 Å². The molecule has 5 N–H and O–H groups in total. The minimum atomic E-state index is -4.64. The van der Waals surface area contributed by atoms with Crippen LogP contribution in [0.1, 0.15) is 181 Å². The van der Waals surface area contributed by atoms with Crippen molar-refractivity contribution in [1.29, 1.82) is 0 Å². The van der Waals surface area contributed by atoms with Gasteiger partial charge in [0.1, 0.15) is 0 Å². The Morgan fingerprint density at radius 1 is 0.488 bits per heavy atom. The standard InChI is InChI=1S/C33H69NO2.H3O4P/c1-3-5-7-9-11-13-15-16-17-18-19-20-22-24-26-28-33(32-36)34(30-31-35)29-27-25-23-21-14-12-10-8-6-4-2;1-5(2,3)4/h33,35-36H,3-32H2,1-2H3;(H3,1,2,3,4). The molecule has 0 heterocycles. The second-order valence-corrected chi connectivity index (χ2v) is 13.1. The third-order valence-corrected chi connectivity index (χ3v) is 8.05. The highest BCUT2D eigenvalue weighted by Crippen LogP contribution is 2.25. The molecular weight excluding hydrogens is 537 g/mol. The average molecular weight is 610 g/mol. The zero-order chi connectivity index (χ0) is 30.9. The van der Waals surface area contributed by atoms with Crippen LogP contribution in [0.3, 0.4) is 0 Å². The van der Waals surface area contributed by atoms with Crippen LogP contribution >= 0.6 is 7.82 Å². The Kier molecular flexibility index (Phi) is 36.3. The molecule has 0 bridgehead atoms. The molecule has 0 aromatic rings. The molecule has 7 nitrogen and oxygen atoms in total. The lowest BCUT2D eigenvalue weighted by Gasteiger charge is -2.30. The Morgan fingerprint density at radius 3 is 1.07 bits per heavy atom. The van der Waals surface area contributed by atoms with Crippen LogP contribution in [0.2, 0.25) is 0 Å². The van der Waals surface area contributed by atoms with E-state index in [0.717, 1.165) is 13.0 Å². The topological polar surface area (TPSA) is 121 Å². The summed E-state index contributed by atoms with van der Waals surface area (Å²) in [5.74, 6) is 0. The molecule has 0 amide bonds. The number of unbranched alkanes of at least 4 members (excludes halogenated alkanes) is 23. The largest absolute Gasteiger partial charge is 0.466 e. The van der Waals surface area contributed by atoms with E-state index >= 15 is 0 Å². The zero-order valence-electron chi connectivity index (χ0n) is 27.3. The van der Waals surface area contributed by atoms with Crippen LogP contribution < -0.4 is 0 Å². The summed E-state index contributed by atoms with van der Waals surface area (Å²) in [5.41, 5.74) is 0. The van der Waals surface area contributed by atoms with Crippen molar-refractivity contribution in [3.63, 3.8) is 0 Å². The van der Waals surface area contributed by atoms with Crippen LogP contribution in [0, 0.1) is 0 Å². The van der Waals surface area contributed by atoms with Gasteiger partial charge in [0.05, 0.1) is 13.2 Å². The van der Waals surface area contributed by atoms with Crippen molar-refractivity contribution in [2.45, 2.75) is 187 Å². The van der Waals surface area contributed by atoms with Crippen molar-refractivity contribution in [2.75, 3.05) is 26.3 Å². The van der Waals surface area contributed by atoms with Crippen molar-refractivity contribution >= 4 is 7.82 Å². The molecule has 0 aromatic carbocycles. The molecule has 0 saturated carbocycles. The van der Waals surface area contributed by atoms with Crippen LogP contribution in [0.5, 0.6) is 0 Å². The quantitative estimate of drug-likeness (QED) is 0.0393. The summed E-state index contributed by atoms with van der Waals surface area (Å²) in [6, 6.07) is 0.234. The minimum absolute atomic E-state index is 0.202. The van der Waals surface area contributed by atoms with E-state index in [9.17, 15) is 10.2 Å². The van der Waals surface area contributed by atoms with Gasteiger partial charge in [0, 0.05) is 12.6 Å². The molecule has 0 saturated heterocycles. The van der Waals surface area contributed by atoms with Gasteiger partial charge >= 0.3 is 7.82 Å². The Bertz CT molecular complexity index is 526. The fourth-order valence-corrected chi connectivity index (χ4v) is 5.55. The molecule has 0 fully saturated rings. The summed E-state index contributed by atoms with van der Waals surface area (Å²) in [7, 11) is -4.64. The molecular formula is C33H72NO6P. The Hall–Kier alpha value is -0.0100. The number of hydrogen-bond donors (Lipinski definition) is 5. The smallest absolute Gasteiger partial charge is 0.395 e. The van der Waals surface area contributed by atoms with E-state index in [2.05, 4.69) is 18.7 Å². The van der Waals surface area contributed by atoms with Crippen LogP contribution in [0.25, 0.3) is 0 Å². The zero-order valence-corrected chi connectivity index (χ0v) is 28.2. The molecule has 0 spiro atoms. The summed E-state index contributed by atoms with van der Waals surface area (Å²) in [6.45, 7) is 6.74. The van der Waals surface area contributed by atoms with E-state index < -0.39 is 7.82 Å². The fraction of sp³-hybridized carbons (Fsp3) is 1.00. The number of aliphatic hydroxyl groups excluding tert-OH is 2. The maximum absolute atomic E-state index is 9.98. The van der Waals surface area contributed by atoms with Crippen molar-refractivity contribution in [3.8, 4) is 0 Å². The summed E-state index contributed by atoms with van der Waals surface area (Å²) in [5, 5.41) is 19.5. The average Bonchev–Trinajstić information content (AvgIpc) is 2.92. The summed E-state index contributed by atoms with van der Waals surface area (Å²) < 4.78 is 8.88. The van der Waals surface area contributed by atoms with E-state index in [1.165, 1.54) is 161 Å². The van der Waals surface area contributed by atoms with Crippen molar-refractivity contribution in [3.05, 3.63) is 0 Å². The van der Waals surface area contributed by atoms with E-state index in [0.29, 0.717) is 6.54 Å². The van der Waals surface area contributed by atoms with E-state index in [1.54, 1.807) is 0 Å². The van der Waals surface area contributed by atoms with Crippen LogP contribution in [-0.4, -0.2) is 62.1 Å². The SMILES string of the molecule is CCCCCCCCCCCCCCCCCC(CO)N(CCO)CCCCCCCCCCCC.O=P(O)(O)O. The first-order chi connectivity index (χ1) is 19.8. The lowest BCUT2D eigenvalue weighted by molar-refractivity contribution is 0.0926. The van der Waals surface area contributed by atoms with Gasteiger partial charge in [-0.1, -0.05) is 168 Å². The molecule has 0 aliphatic rings. The monoisotopic (exact) mass is 610 g/mol. The van der Waals surface area contributed by atoms with Gasteiger partial charge in [-0.25, -0.2) is 4.57 Å². The van der Waals surface area contributed by atoms with Crippen LogP contribution in [0.4, 0.5) is 0 Å². The first kappa shape index (κ1) is 43.1.